The summed E-state index contributed by atoms with van der Waals surface area (Å²) in [6, 6.07) is 0. The van der Waals surface area contributed by atoms with Crippen molar-refractivity contribution < 1.29 is 26.3 Å². The Morgan fingerprint density at radius 3 is 1.62 bits per heavy atom. The van der Waals surface area contributed by atoms with Gasteiger partial charge in [-0.05, 0) is 6.08 Å². The fraction of sp³-hybridized carbons (Fsp3) is 0.625. The molecular weight excluding hydrogens is 238 g/mol. The molecule has 0 amide bonds. The maximum absolute atomic E-state index is 12.3. The fourth-order valence-corrected chi connectivity index (χ4v) is 0.867. The highest BCUT2D eigenvalue weighted by atomic mass is 19.4. The topological polar surface area (TPSA) is 15.6 Å². The van der Waals surface area contributed by atoms with Gasteiger partial charge in [0.1, 0.15) is 11.4 Å². The molecule has 0 saturated carbocycles. The van der Waals surface area contributed by atoms with Crippen LogP contribution in [0.2, 0.25) is 0 Å². The fourth-order valence-electron chi connectivity index (χ4n) is 0.867. The molecule has 0 N–H and O–H groups in total. The molecule has 0 aromatic heterocycles. The molecule has 0 aliphatic carbocycles. The van der Waals surface area contributed by atoms with Crippen LogP contribution in [-0.4, -0.2) is 44.1 Å². The quantitative estimate of drug-likeness (QED) is 0.541. The molecule has 0 spiro atoms. The van der Waals surface area contributed by atoms with Crippen LogP contribution in [-0.2, 0) is 0 Å². The Kier molecular flexibility index (Phi) is 4.39. The number of allylic oxidation sites excluding steroid dienone is 2. The normalized spacial score (nSPS) is 15.3. The first-order valence-corrected chi connectivity index (χ1v) is 4.00. The molecule has 94 valence electrons. The number of rotatable bonds is 2. The van der Waals surface area contributed by atoms with E-state index in [1.54, 1.807) is 0 Å². The third-order valence-corrected chi connectivity index (χ3v) is 1.58. The average molecular weight is 248 g/mol. The number of alkyl halides is 6. The van der Waals surface area contributed by atoms with E-state index >= 15 is 0 Å². The number of hydrogen-bond donors (Lipinski definition) is 0. The van der Waals surface area contributed by atoms with Crippen LogP contribution >= 0.6 is 0 Å². The Balaban J connectivity index is 5.39. The van der Waals surface area contributed by atoms with Gasteiger partial charge in [-0.1, -0.05) is 0 Å². The smallest absolute Gasteiger partial charge is 0.374 e. The highest BCUT2D eigenvalue weighted by Gasteiger charge is 2.40. The van der Waals surface area contributed by atoms with Crippen LogP contribution in [0.5, 0.6) is 0 Å². The van der Waals surface area contributed by atoms with Gasteiger partial charge in [0.2, 0.25) is 0 Å². The molecule has 0 aromatic rings. The summed E-state index contributed by atoms with van der Waals surface area (Å²) in [5.41, 5.74) is -2.99. The summed E-state index contributed by atoms with van der Waals surface area (Å²) in [6.45, 7) is 0. The zero-order valence-electron chi connectivity index (χ0n) is 8.74. The summed E-state index contributed by atoms with van der Waals surface area (Å²) < 4.78 is 73.5. The third-order valence-electron chi connectivity index (χ3n) is 1.58. The van der Waals surface area contributed by atoms with Crippen LogP contribution in [0.1, 0.15) is 0 Å². The Hall–Kier alpha value is -1.21. The Morgan fingerprint density at radius 2 is 1.44 bits per heavy atom. The second-order valence-electron chi connectivity index (χ2n) is 3.03. The molecule has 0 heterocycles. The first-order valence-electron chi connectivity index (χ1n) is 4.00. The van der Waals surface area contributed by atoms with E-state index in [2.05, 4.69) is 4.99 Å². The van der Waals surface area contributed by atoms with Crippen molar-refractivity contribution in [2.75, 3.05) is 21.1 Å². The van der Waals surface area contributed by atoms with Gasteiger partial charge in [-0.15, -0.1) is 0 Å². The minimum atomic E-state index is -4.90. The maximum Gasteiger partial charge on any atom is 0.432 e. The van der Waals surface area contributed by atoms with E-state index in [-0.39, 0.29) is 6.08 Å². The van der Waals surface area contributed by atoms with Crippen molar-refractivity contribution in [3.8, 4) is 0 Å². The van der Waals surface area contributed by atoms with Crippen molar-refractivity contribution >= 4 is 5.71 Å². The molecule has 2 nitrogen and oxygen atoms in total. The van der Waals surface area contributed by atoms with E-state index in [1.807, 2.05) is 0 Å². The summed E-state index contributed by atoms with van der Waals surface area (Å²) in [5, 5.41) is 0. The van der Waals surface area contributed by atoms with Gasteiger partial charge in [-0.3, -0.25) is 4.99 Å². The van der Waals surface area contributed by atoms with Crippen LogP contribution in [0, 0.1) is 0 Å². The predicted octanol–water partition coefficient (Wildman–Crippen LogP) is 2.63. The van der Waals surface area contributed by atoms with Crippen molar-refractivity contribution in [3.63, 3.8) is 0 Å². The maximum atomic E-state index is 12.3. The molecule has 0 aliphatic rings. The molecule has 16 heavy (non-hydrogen) atoms. The molecule has 0 saturated heterocycles. The minimum Gasteiger partial charge on any atom is -0.374 e. The number of nitrogens with zero attached hydrogens (tertiary/aromatic N) is 2. The lowest BCUT2D eigenvalue weighted by Gasteiger charge is -2.20. The van der Waals surface area contributed by atoms with E-state index in [9.17, 15) is 26.3 Å². The van der Waals surface area contributed by atoms with Crippen molar-refractivity contribution in [1.82, 2.24) is 4.90 Å². The SMILES string of the molecule is CN=C(C=C(N(C)C)C(F)(F)F)C(F)(F)F. The van der Waals surface area contributed by atoms with Crippen LogP contribution in [0.25, 0.3) is 0 Å². The van der Waals surface area contributed by atoms with E-state index in [4.69, 9.17) is 0 Å². The highest BCUT2D eigenvalue weighted by molar-refractivity contribution is 5.99. The van der Waals surface area contributed by atoms with Crippen molar-refractivity contribution in [2.24, 2.45) is 4.99 Å². The Labute approximate surface area is 88.3 Å². The lowest BCUT2D eigenvalue weighted by molar-refractivity contribution is -0.107. The molecular formula is C8H10F6N2. The molecule has 0 aromatic carbocycles. The number of hydrogen-bond acceptors (Lipinski definition) is 2. The van der Waals surface area contributed by atoms with E-state index in [1.165, 1.54) is 0 Å². The monoisotopic (exact) mass is 248 g/mol. The van der Waals surface area contributed by atoms with Gasteiger partial charge < -0.3 is 4.90 Å². The molecule has 0 aliphatic heterocycles. The molecule has 8 heteroatoms. The lowest BCUT2D eigenvalue weighted by Crippen LogP contribution is -2.29. The van der Waals surface area contributed by atoms with Gasteiger partial charge >= 0.3 is 12.4 Å². The van der Waals surface area contributed by atoms with E-state index < -0.39 is 23.8 Å². The van der Waals surface area contributed by atoms with Gasteiger partial charge in [0, 0.05) is 21.1 Å². The van der Waals surface area contributed by atoms with Crippen LogP contribution in [0.3, 0.4) is 0 Å². The largest absolute Gasteiger partial charge is 0.432 e. The van der Waals surface area contributed by atoms with Gasteiger partial charge in [0.05, 0.1) is 0 Å². The Morgan fingerprint density at radius 1 is 1.00 bits per heavy atom. The van der Waals surface area contributed by atoms with Gasteiger partial charge in [0.25, 0.3) is 0 Å². The van der Waals surface area contributed by atoms with Crippen LogP contribution in [0.15, 0.2) is 16.8 Å². The molecule has 0 radical (unpaired) electrons. The summed E-state index contributed by atoms with van der Waals surface area (Å²) in [5.74, 6) is 0. The first-order chi connectivity index (χ1) is 7.00. The van der Waals surface area contributed by atoms with E-state index in [0.717, 1.165) is 21.1 Å². The zero-order chi connectivity index (χ0) is 13.1. The molecule has 0 atom stereocenters. The molecule has 0 fully saturated rings. The van der Waals surface area contributed by atoms with Gasteiger partial charge in [-0.25, -0.2) is 0 Å². The lowest BCUT2D eigenvalue weighted by atomic mass is 10.2. The van der Waals surface area contributed by atoms with Crippen LogP contribution < -0.4 is 0 Å². The standard InChI is InChI=1S/C8H10F6N2/c1-15-5(7(9,10)11)4-6(16(2)3)8(12,13)14/h4H,1-3H3. The summed E-state index contributed by atoms with van der Waals surface area (Å²) >= 11 is 0. The first kappa shape index (κ1) is 14.8. The second kappa shape index (κ2) is 4.75. The van der Waals surface area contributed by atoms with Crippen molar-refractivity contribution in [2.45, 2.75) is 12.4 Å². The Bertz CT molecular complexity index is 297. The second-order valence-corrected chi connectivity index (χ2v) is 3.03. The number of halogens is 6. The summed E-state index contributed by atoms with van der Waals surface area (Å²) in [4.78, 5) is 3.34. The van der Waals surface area contributed by atoms with Crippen LogP contribution in [0.4, 0.5) is 26.3 Å². The summed E-state index contributed by atoms with van der Waals surface area (Å²) in [6.07, 6.45) is -9.79. The average Bonchev–Trinajstić information content (AvgIpc) is 1.99. The highest BCUT2D eigenvalue weighted by Crippen LogP contribution is 2.29. The van der Waals surface area contributed by atoms with Crippen molar-refractivity contribution in [1.29, 1.82) is 0 Å². The zero-order valence-corrected chi connectivity index (χ0v) is 8.74. The minimum absolute atomic E-state index is 0.0278. The molecule has 0 unspecified atom stereocenters. The predicted molar refractivity (Wildman–Crippen MR) is 47.2 cm³/mol. The van der Waals surface area contributed by atoms with Gasteiger partial charge in [0.15, 0.2) is 0 Å². The summed E-state index contributed by atoms with van der Waals surface area (Å²) in [7, 11) is 2.79. The van der Waals surface area contributed by atoms with Gasteiger partial charge in [-0.2, -0.15) is 26.3 Å². The van der Waals surface area contributed by atoms with E-state index in [0.29, 0.717) is 4.90 Å². The molecule has 0 rings (SSSR count). The number of aliphatic imine (C=N–C) groups is 1. The molecule has 0 bridgehead atoms. The third kappa shape index (κ3) is 4.11. The van der Waals surface area contributed by atoms with Crippen molar-refractivity contribution in [3.05, 3.63) is 11.8 Å².